The number of benzene rings is 2. The Bertz CT molecular complexity index is 879. The van der Waals surface area contributed by atoms with Crippen molar-refractivity contribution >= 4 is 28.2 Å². The van der Waals surface area contributed by atoms with Crippen LogP contribution in [0.2, 0.25) is 0 Å². The minimum atomic E-state index is -0.957. The van der Waals surface area contributed by atoms with Gasteiger partial charge >= 0.3 is 5.97 Å². The minimum absolute atomic E-state index is 0.180. The summed E-state index contributed by atoms with van der Waals surface area (Å²) in [6.45, 7) is 1.76. The molecular weight excluding hydrogens is 295 g/mol. The van der Waals surface area contributed by atoms with Crippen molar-refractivity contribution in [2.45, 2.75) is 13.3 Å². The van der Waals surface area contributed by atoms with Gasteiger partial charge in [0.15, 0.2) is 0 Å². The van der Waals surface area contributed by atoms with Gasteiger partial charge in [-0.1, -0.05) is 18.2 Å². The predicted octanol–water partition coefficient (Wildman–Crippen LogP) is 4.05. The number of hydrogen-bond acceptors (Lipinski definition) is 3. The molecule has 0 unspecified atom stereocenters. The van der Waals surface area contributed by atoms with Crippen LogP contribution in [-0.4, -0.2) is 16.1 Å². The average molecular weight is 310 g/mol. The molecule has 116 valence electrons. The molecule has 5 heteroatoms. The second-order valence-corrected chi connectivity index (χ2v) is 5.27. The lowest BCUT2D eigenvalue weighted by Gasteiger charge is -2.16. The van der Waals surface area contributed by atoms with E-state index in [4.69, 9.17) is 0 Å². The third-order valence-electron chi connectivity index (χ3n) is 3.63. The van der Waals surface area contributed by atoms with Crippen molar-refractivity contribution in [1.29, 1.82) is 0 Å². The molecule has 1 aromatic heterocycles. The van der Waals surface area contributed by atoms with E-state index in [-0.39, 0.29) is 12.2 Å². The molecule has 0 aliphatic heterocycles. The molecule has 0 fully saturated rings. The summed E-state index contributed by atoms with van der Waals surface area (Å²) in [5.74, 6) is -1.35. The van der Waals surface area contributed by atoms with E-state index in [1.165, 1.54) is 12.1 Å². The monoisotopic (exact) mass is 310 g/mol. The summed E-state index contributed by atoms with van der Waals surface area (Å²) in [7, 11) is 0. The highest BCUT2D eigenvalue weighted by atomic mass is 19.1. The first-order valence-electron chi connectivity index (χ1n) is 7.17. The first kappa shape index (κ1) is 15.0. The van der Waals surface area contributed by atoms with E-state index >= 15 is 0 Å². The fourth-order valence-electron chi connectivity index (χ4n) is 2.57. The molecule has 0 saturated carbocycles. The smallest absolute Gasteiger partial charge is 0.307 e. The molecule has 23 heavy (non-hydrogen) atoms. The van der Waals surface area contributed by atoms with Crippen LogP contribution >= 0.6 is 0 Å². The number of anilines is 2. The van der Waals surface area contributed by atoms with Crippen molar-refractivity contribution in [3.05, 3.63) is 65.6 Å². The molecule has 0 atom stereocenters. The van der Waals surface area contributed by atoms with Crippen molar-refractivity contribution in [3.63, 3.8) is 0 Å². The number of carboxylic acid groups (broad SMARTS) is 1. The molecule has 2 aromatic carbocycles. The molecule has 0 aliphatic carbocycles. The Morgan fingerprint density at radius 1 is 1.22 bits per heavy atom. The summed E-state index contributed by atoms with van der Waals surface area (Å²) in [6, 6.07) is 13.7. The number of aromatic nitrogens is 1. The van der Waals surface area contributed by atoms with Gasteiger partial charge in [0.1, 0.15) is 5.82 Å². The summed E-state index contributed by atoms with van der Waals surface area (Å²) in [4.78, 5) is 15.6. The molecule has 0 amide bonds. The van der Waals surface area contributed by atoms with Crippen LogP contribution in [0.15, 0.2) is 48.5 Å². The Kier molecular flexibility index (Phi) is 3.93. The number of pyridine rings is 1. The van der Waals surface area contributed by atoms with Gasteiger partial charge in [0.2, 0.25) is 0 Å². The van der Waals surface area contributed by atoms with Gasteiger partial charge in [-0.3, -0.25) is 9.78 Å². The summed E-state index contributed by atoms with van der Waals surface area (Å²) in [6.07, 6.45) is -0.180. The number of para-hydroxylation sites is 1. The summed E-state index contributed by atoms with van der Waals surface area (Å²) in [5.41, 5.74) is 3.18. The fourth-order valence-corrected chi connectivity index (χ4v) is 2.57. The van der Waals surface area contributed by atoms with Crippen molar-refractivity contribution in [1.82, 2.24) is 4.98 Å². The van der Waals surface area contributed by atoms with Crippen LogP contribution in [0.3, 0.4) is 0 Å². The molecule has 0 saturated heterocycles. The molecule has 3 aromatic rings. The number of aliphatic carboxylic acids is 1. The maximum Gasteiger partial charge on any atom is 0.307 e. The predicted molar refractivity (Wildman–Crippen MR) is 87.5 cm³/mol. The zero-order valence-corrected chi connectivity index (χ0v) is 12.5. The van der Waals surface area contributed by atoms with Crippen LogP contribution in [0, 0.1) is 12.7 Å². The van der Waals surface area contributed by atoms with Crippen LogP contribution in [-0.2, 0) is 11.2 Å². The van der Waals surface area contributed by atoms with Crippen molar-refractivity contribution in [2.75, 3.05) is 5.32 Å². The normalized spacial score (nSPS) is 10.7. The van der Waals surface area contributed by atoms with Gasteiger partial charge in [-0.15, -0.1) is 0 Å². The number of carbonyl (C=O) groups is 1. The van der Waals surface area contributed by atoms with Crippen molar-refractivity contribution in [2.24, 2.45) is 0 Å². The van der Waals surface area contributed by atoms with Crippen LogP contribution in [0.25, 0.3) is 10.9 Å². The van der Waals surface area contributed by atoms with Crippen molar-refractivity contribution in [3.8, 4) is 0 Å². The number of nitrogens with one attached hydrogen (secondary N) is 1. The van der Waals surface area contributed by atoms with Crippen LogP contribution < -0.4 is 5.32 Å². The second-order valence-electron chi connectivity index (χ2n) is 5.27. The summed E-state index contributed by atoms with van der Waals surface area (Å²) in [5, 5.41) is 13.0. The number of hydrogen-bond donors (Lipinski definition) is 2. The molecule has 0 aliphatic rings. The number of halogens is 1. The maximum absolute atomic E-state index is 13.7. The highest BCUT2D eigenvalue weighted by molar-refractivity contribution is 5.96. The molecule has 0 bridgehead atoms. The number of nitrogens with zero attached hydrogens (tertiary/aromatic N) is 1. The fraction of sp³-hybridized carbons (Fsp3) is 0.111. The van der Waals surface area contributed by atoms with Gasteiger partial charge in [-0.2, -0.15) is 0 Å². The van der Waals surface area contributed by atoms with Crippen molar-refractivity contribution < 1.29 is 14.3 Å². The lowest BCUT2D eigenvalue weighted by atomic mass is 10.0. The van der Waals surface area contributed by atoms with Gasteiger partial charge in [-0.05, 0) is 37.3 Å². The Balaban J connectivity index is 2.24. The SMILES string of the molecule is Cc1nc2ccc(F)cc2c(Nc2ccccc2)c1CC(=O)O. The average Bonchev–Trinajstić information content (AvgIpc) is 2.52. The standard InChI is InChI=1S/C18H15FN2O2/c1-11-14(10-17(22)23)18(21-13-5-3-2-4-6-13)15-9-12(19)7-8-16(15)20-11/h2-9H,10H2,1H3,(H,20,21)(H,22,23). The minimum Gasteiger partial charge on any atom is -0.481 e. The number of carboxylic acids is 1. The van der Waals surface area contributed by atoms with Gasteiger partial charge in [0.25, 0.3) is 0 Å². The number of fused-ring (bicyclic) bond motifs is 1. The quantitative estimate of drug-likeness (QED) is 0.763. The first-order chi connectivity index (χ1) is 11.0. The zero-order chi connectivity index (χ0) is 16.4. The highest BCUT2D eigenvalue weighted by Crippen LogP contribution is 2.32. The zero-order valence-electron chi connectivity index (χ0n) is 12.5. The first-order valence-corrected chi connectivity index (χ1v) is 7.17. The van der Waals surface area contributed by atoms with E-state index in [2.05, 4.69) is 10.3 Å². The highest BCUT2D eigenvalue weighted by Gasteiger charge is 2.16. The van der Waals surface area contributed by atoms with E-state index in [1.807, 2.05) is 30.3 Å². The van der Waals surface area contributed by atoms with Gasteiger partial charge in [0, 0.05) is 22.3 Å². The topological polar surface area (TPSA) is 62.2 Å². The number of rotatable bonds is 4. The lowest BCUT2D eigenvalue weighted by molar-refractivity contribution is -0.136. The third kappa shape index (κ3) is 3.13. The van der Waals surface area contributed by atoms with Crippen LogP contribution in [0.5, 0.6) is 0 Å². The molecule has 4 nitrogen and oxygen atoms in total. The Labute approximate surface area is 132 Å². The van der Waals surface area contributed by atoms with E-state index < -0.39 is 5.97 Å². The van der Waals surface area contributed by atoms with E-state index in [0.717, 1.165) is 5.69 Å². The van der Waals surface area contributed by atoms with Crippen LogP contribution in [0.1, 0.15) is 11.3 Å². The lowest BCUT2D eigenvalue weighted by Crippen LogP contribution is -2.08. The molecule has 3 rings (SSSR count). The van der Waals surface area contributed by atoms with E-state index in [0.29, 0.717) is 27.8 Å². The van der Waals surface area contributed by atoms with Gasteiger partial charge < -0.3 is 10.4 Å². The molecule has 2 N–H and O–H groups in total. The second kappa shape index (κ2) is 6.04. The molecular formula is C18H15FN2O2. The van der Waals surface area contributed by atoms with E-state index in [1.54, 1.807) is 13.0 Å². The van der Waals surface area contributed by atoms with Gasteiger partial charge in [0.05, 0.1) is 17.6 Å². The Hall–Kier alpha value is -2.95. The van der Waals surface area contributed by atoms with E-state index in [9.17, 15) is 14.3 Å². The Morgan fingerprint density at radius 3 is 2.65 bits per heavy atom. The summed E-state index contributed by atoms with van der Waals surface area (Å²) >= 11 is 0. The maximum atomic E-state index is 13.7. The third-order valence-corrected chi connectivity index (χ3v) is 3.63. The molecule has 1 heterocycles. The van der Waals surface area contributed by atoms with Crippen LogP contribution in [0.4, 0.5) is 15.8 Å². The molecule has 0 radical (unpaired) electrons. The molecule has 0 spiro atoms. The Morgan fingerprint density at radius 2 is 1.96 bits per heavy atom. The largest absolute Gasteiger partial charge is 0.481 e. The van der Waals surface area contributed by atoms with Gasteiger partial charge in [-0.25, -0.2) is 4.39 Å². The summed E-state index contributed by atoms with van der Waals surface area (Å²) < 4.78 is 13.7. The number of aryl methyl sites for hydroxylation is 1.